The number of rotatable bonds is 1. The molecule has 15 heavy (non-hydrogen) atoms. The predicted octanol–water partition coefficient (Wildman–Crippen LogP) is 0.483. The normalized spacial score (nSPS) is 28.8. The third-order valence-electron chi connectivity index (χ3n) is 2.98. The average molecular weight is 205 g/mol. The maximum atomic E-state index is 11.5. The molecule has 1 atom stereocenters. The SMILES string of the molecule is CC[C@]1(C)CC(C#N)(C#N)C(=O)NC1=O. The van der Waals surface area contributed by atoms with Gasteiger partial charge in [-0.05, 0) is 6.42 Å². The fourth-order valence-electron chi connectivity index (χ4n) is 1.60. The van der Waals surface area contributed by atoms with Gasteiger partial charge in [0.2, 0.25) is 11.3 Å². The maximum Gasteiger partial charge on any atom is 0.261 e. The Labute approximate surface area is 87.7 Å². The molecule has 0 aliphatic carbocycles. The van der Waals surface area contributed by atoms with Gasteiger partial charge in [0.1, 0.15) is 0 Å². The van der Waals surface area contributed by atoms with Crippen LogP contribution in [0.2, 0.25) is 0 Å². The van der Waals surface area contributed by atoms with E-state index in [2.05, 4.69) is 5.32 Å². The highest BCUT2D eigenvalue weighted by molar-refractivity contribution is 6.05. The number of nitriles is 2. The van der Waals surface area contributed by atoms with Crippen molar-refractivity contribution in [2.24, 2.45) is 10.8 Å². The van der Waals surface area contributed by atoms with Gasteiger partial charge in [-0.1, -0.05) is 13.8 Å². The van der Waals surface area contributed by atoms with Crippen molar-refractivity contribution in [3.8, 4) is 12.1 Å². The number of carbonyl (C=O) groups is 2. The Morgan fingerprint density at radius 3 is 2.27 bits per heavy atom. The van der Waals surface area contributed by atoms with Crippen LogP contribution in [0.25, 0.3) is 0 Å². The second-order valence-corrected chi connectivity index (χ2v) is 4.00. The number of nitrogens with zero attached hydrogens (tertiary/aromatic N) is 2. The Bertz CT molecular complexity index is 388. The Hall–Kier alpha value is -1.88. The molecule has 0 aromatic carbocycles. The van der Waals surface area contributed by atoms with Gasteiger partial charge in [-0.3, -0.25) is 14.9 Å². The van der Waals surface area contributed by atoms with E-state index in [1.165, 1.54) is 0 Å². The number of nitrogens with one attached hydrogen (secondary N) is 1. The van der Waals surface area contributed by atoms with Crippen LogP contribution in [0.4, 0.5) is 0 Å². The van der Waals surface area contributed by atoms with Crippen LogP contribution in [-0.4, -0.2) is 11.8 Å². The lowest BCUT2D eigenvalue weighted by atomic mass is 9.68. The molecule has 0 bridgehead atoms. The van der Waals surface area contributed by atoms with Crippen LogP contribution >= 0.6 is 0 Å². The lowest BCUT2D eigenvalue weighted by molar-refractivity contribution is -0.145. The van der Waals surface area contributed by atoms with Gasteiger partial charge < -0.3 is 0 Å². The fraction of sp³-hybridized carbons (Fsp3) is 0.600. The van der Waals surface area contributed by atoms with E-state index in [9.17, 15) is 9.59 Å². The lowest BCUT2D eigenvalue weighted by Gasteiger charge is -2.36. The lowest BCUT2D eigenvalue weighted by Crippen LogP contribution is -2.56. The highest BCUT2D eigenvalue weighted by Crippen LogP contribution is 2.40. The molecule has 1 aliphatic heterocycles. The number of piperidine rings is 1. The molecule has 0 spiro atoms. The largest absolute Gasteiger partial charge is 0.294 e. The standard InChI is InChI=1S/C10H11N3O2/c1-3-9(2)4-10(5-11,6-12)8(15)13-7(9)14/h3-4H2,1-2H3,(H,13,14,15)/t9-/m1/s1. The molecule has 0 aromatic heterocycles. The van der Waals surface area contributed by atoms with Gasteiger partial charge in [0, 0.05) is 11.8 Å². The van der Waals surface area contributed by atoms with Gasteiger partial charge in [0.15, 0.2) is 0 Å². The summed E-state index contributed by atoms with van der Waals surface area (Å²) in [4.78, 5) is 22.9. The summed E-state index contributed by atoms with van der Waals surface area (Å²) in [6.45, 7) is 3.44. The van der Waals surface area contributed by atoms with Crippen LogP contribution < -0.4 is 5.32 Å². The van der Waals surface area contributed by atoms with E-state index in [0.29, 0.717) is 6.42 Å². The molecule has 5 heteroatoms. The molecule has 0 unspecified atom stereocenters. The highest BCUT2D eigenvalue weighted by Gasteiger charge is 2.53. The third-order valence-corrected chi connectivity index (χ3v) is 2.98. The van der Waals surface area contributed by atoms with Crippen molar-refractivity contribution in [2.45, 2.75) is 26.7 Å². The molecular weight excluding hydrogens is 194 g/mol. The minimum absolute atomic E-state index is 0.0336. The molecule has 5 nitrogen and oxygen atoms in total. The Balaban J connectivity index is 3.18. The zero-order valence-corrected chi connectivity index (χ0v) is 8.63. The van der Waals surface area contributed by atoms with Crippen molar-refractivity contribution in [2.75, 3.05) is 0 Å². The fourth-order valence-corrected chi connectivity index (χ4v) is 1.60. The summed E-state index contributed by atoms with van der Waals surface area (Å²) in [5.41, 5.74) is -2.54. The molecule has 1 fully saturated rings. The molecule has 1 aliphatic rings. The first-order chi connectivity index (χ1) is 6.94. The van der Waals surface area contributed by atoms with E-state index >= 15 is 0 Å². The number of imide groups is 1. The van der Waals surface area contributed by atoms with Crippen molar-refractivity contribution < 1.29 is 9.59 Å². The first-order valence-electron chi connectivity index (χ1n) is 4.62. The van der Waals surface area contributed by atoms with Gasteiger partial charge in [0.25, 0.3) is 5.91 Å². The smallest absolute Gasteiger partial charge is 0.261 e. The van der Waals surface area contributed by atoms with Crippen LogP contribution in [0.1, 0.15) is 26.7 Å². The second-order valence-electron chi connectivity index (χ2n) is 4.00. The monoisotopic (exact) mass is 205 g/mol. The van der Waals surface area contributed by atoms with E-state index in [-0.39, 0.29) is 6.42 Å². The summed E-state index contributed by atoms with van der Waals surface area (Å²) < 4.78 is 0. The van der Waals surface area contributed by atoms with Gasteiger partial charge in [-0.25, -0.2) is 0 Å². The van der Waals surface area contributed by atoms with Crippen molar-refractivity contribution >= 4 is 11.8 Å². The highest BCUT2D eigenvalue weighted by atomic mass is 16.2. The Morgan fingerprint density at radius 2 is 1.87 bits per heavy atom. The predicted molar refractivity (Wildman–Crippen MR) is 49.8 cm³/mol. The quantitative estimate of drug-likeness (QED) is 0.630. The summed E-state index contributed by atoms with van der Waals surface area (Å²) >= 11 is 0. The minimum atomic E-state index is -1.72. The van der Waals surface area contributed by atoms with Crippen LogP contribution in [0, 0.1) is 33.5 Å². The molecule has 0 aromatic rings. The van der Waals surface area contributed by atoms with Crippen molar-refractivity contribution in [3.63, 3.8) is 0 Å². The second kappa shape index (κ2) is 3.36. The Morgan fingerprint density at radius 1 is 1.33 bits per heavy atom. The molecule has 2 amide bonds. The zero-order valence-electron chi connectivity index (χ0n) is 8.63. The number of carbonyl (C=O) groups excluding carboxylic acids is 2. The van der Waals surface area contributed by atoms with Crippen molar-refractivity contribution in [3.05, 3.63) is 0 Å². The van der Waals surface area contributed by atoms with Crippen molar-refractivity contribution in [1.29, 1.82) is 10.5 Å². The van der Waals surface area contributed by atoms with Crippen LogP contribution in [-0.2, 0) is 9.59 Å². The summed E-state index contributed by atoms with van der Waals surface area (Å²) in [7, 11) is 0. The first kappa shape index (κ1) is 11.2. The van der Waals surface area contributed by atoms with Crippen LogP contribution in [0.3, 0.4) is 0 Å². The summed E-state index contributed by atoms with van der Waals surface area (Å²) in [6.07, 6.45) is 0.450. The molecule has 1 rings (SSSR count). The van der Waals surface area contributed by atoms with E-state index in [0.717, 1.165) is 0 Å². The summed E-state index contributed by atoms with van der Waals surface area (Å²) in [6, 6.07) is 3.40. The number of amides is 2. The Kier molecular flexibility index (Phi) is 2.51. The molecule has 1 heterocycles. The van der Waals surface area contributed by atoms with E-state index in [4.69, 9.17) is 10.5 Å². The summed E-state index contributed by atoms with van der Waals surface area (Å²) in [5, 5.41) is 19.9. The third kappa shape index (κ3) is 1.46. The molecule has 78 valence electrons. The van der Waals surface area contributed by atoms with Gasteiger partial charge in [0.05, 0.1) is 12.1 Å². The van der Waals surface area contributed by atoms with E-state index < -0.39 is 22.6 Å². The van der Waals surface area contributed by atoms with Gasteiger partial charge in [-0.2, -0.15) is 10.5 Å². The molecule has 1 N–H and O–H groups in total. The average Bonchev–Trinajstić information content (AvgIpc) is 2.24. The van der Waals surface area contributed by atoms with E-state index in [1.807, 2.05) is 0 Å². The van der Waals surface area contributed by atoms with Gasteiger partial charge in [-0.15, -0.1) is 0 Å². The topological polar surface area (TPSA) is 93.8 Å². The molecule has 0 saturated carbocycles. The maximum absolute atomic E-state index is 11.5. The van der Waals surface area contributed by atoms with Crippen molar-refractivity contribution in [1.82, 2.24) is 5.32 Å². The van der Waals surface area contributed by atoms with Crippen LogP contribution in [0.15, 0.2) is 0 Å². The molecular formula is C10H11N3O2. The zero-order chi connectivity index (χ0) is 11.7. The minimum Gasteiger partial charge on any atom is -0.294 e. The van der Waals surface area contributed by atoms with Gasteiger partial charge >= 0.3 is 0 Å². The van der Waals surface area contributed by atoms with Crippen LogP contribution in [0.5, 0.6) is 0 Å². The molecule has 0 radical (unpaired) electrons. The van der Waals surface area contributed by atoms with E-state index in [1.54, 1.807) is 26.0 Å². The molecule has 1 saturated heterocycles. The summed E-state index contributed by atoms with van der Waals surface area (Å²) in [5.74, 6) is -1.21. The first-order valence-corrected chi connectivity index (χ1v) is 4.62. The number of hydrogen-bond acceptors (Lipinski definition) is 4. The number of hydrogen-bond donors (Lipinski definition) is 1.